The van der Waals surface area contributed by atoms with Crippen molar-refractivity contribution in [1.82, 2.24) is 0 Å². The third kappa shape index (κ3) is 8.61. The molecule has 10 atom stereocenters. The van der Waals surface area contributed by atoms with E-state index in [1.807, 2.05) is 6.92 Å². The summed E-state index contributed by atoms with van der Waals surface area (Å²) in [6.45, 7) is 7.52. The van der Waals surface area contributed by atoms with Gasteiger partial charge >= 0.3 is 23.9 Å². The van der Waals surface area contributed by atoms with Crippen LogP contribution in [-0.4, -0.2) is 95.3 Å². The molecule has 1 N–H and O–H groups in total. The fourth-order valence-corrected chi connectivity index (χ4v) is 6.16. The maximum Gasteiger partial charge on any atom is 0.338 e. The van der Waals surface area contributed by atoms with Crippen LogP contribution in [0.1, 0.15) is 55.3 Å². The van der Waals surface area contributed by atoms with Crippen LogP contribution in [0.15, 0.2) is 60.7 Å². The number of aliphatic hydroxyl groups is 1. The van der Waals surface area contributed by atoms with Gasteiger partial charge in [-0.2, -0.15) is 0 Å². The third-order valence-electron chi connectivity index (χ3n) is 7.21. The van der Waals surface area contributed by atoms with Gasteiger partial charge < -0.3 is 38.3 Å². The highest BCUT2D eigenvalue weighted by molar-refractivity contribution is 7.99. The highest BCUT2D eigenvalue weighted by Gasteiger charge is 2.54. The van der Waals surface area contributed by atoms with Crippen molar-refractivity contribution in [3.05, 3.63) is 71.8 Å². The van der Waals surface area contributed by atoms with Crippen LogP contribution in [0.3, 0.4) is 0 Å². The molecule has 0 amide bonds. The Morgan fingerprint density at radius 3 is 1.69 bits per heavy atom. The fourth-order valence-electron chi connectivity index (χ4n) is 5.18. The molecule has 4 rings (SSSR count). The molecule has 0 radical (unpaired) electrons. The molecule has 2 aliphatic rings. The number of hydrogen-bond donors (Lipinski definition) is 1. The molecule has 2 aromatic rings. The van der Waals surface area contributed by atoms with Gasteiger partial charge in [0.2, 0.25) is 0 Å². The van der Waals surface area contributed by atoms with Crippen molar-refractivity contribution in [3.63, 3.8) is 0 Å². The summed E-state index contributed by atoms with van der Waals surface area (Å²) in [6.07, 6.45) is -10.9. The number of carbonyl (C=O) groups is 4. The second-order valence-corrected chi connectivity index (χ2v) is 12.0. The number of thioether (sulfide) groups is 1. The summed E-state index contributed by atoms with van der Waals surface area (Å²) in [5, 5.41) is 11.4. The molecule has 2 aliphatic heterocycles. The van der Waals surface area contributed by atoms with Crippen LogP contribution in [0.5, 0.6) is 0 Å². The normalized spacial score (nSPS) is 31.3. The van der Waals surface area contributed by atoms with E-state index in [2.05, 4.69) is 0 Å². The van der Waals surface area contributed by atoms with E-state index in [4.69, 9.17) is 33.2 Å². The molecule has 2 heterocycles. The minimum Gasteiger partial charge on any atom is -0.456 e. The summed E-state index contributed by atoms with van der Waals surface area (Å²) in [4.78, 5) is 50.5. The van der Waals surface area contributed by atoms with E-state index in [1.165, 1.54) is 18.7 Å². The van der Waals surface area contributed by atoms with Crippen molar-refractivity contribution >= 4 is 35.6 Å². The van der Waals surface area contributed by atoms with Crippen LogP contribution >= 0.6 is 11.8 Å². The molecule has 0 aromatic heterocycles. The molecule has 2 fully saturated rings. The molecule has 0 aliphatic carbocycles. The van der Waals surface area contributed by atoms with Crippen LogP contribution < -0.4 is 0 Å². The van der Waals surface area contributed by atoms with Gasteiger partial charge in [0.25, 0.3) is 0 Å². The van der Waals surface area contributed by atoms with Gasteiger partial charge in [-0.25, -0.2) is 9.59 Å². The number of benzene rings is 2. The maximum atomic E-state index is 13.2. The fraction of sp³-hybridized carbons (Fsp3) is 0.500. The zero-order valence-electron chi connectivity index (χ0n) is 25.6. The molecule has 13 heteroatoms. The van der Waals surface area contributed by atoms with Gasteiger partial charge in [-0.1, -0.05) is 43.3 Å². The monoisotopic (exact) mass is 646 g/mol. The Morgan fingerprint density at radius 1 is 0.689 bits per heavy atom. The summed E-state index contributed by atoms with van der Waals surface area (Å²) >= 11 is 1.35. The molecule has 244 valence electrons. The van der Waals surface area contributed by atoms with E-state index in [-0.39, 0.29) is 11.1 Å². The highest BCUT2D eigenvalue weighted by Crippen LogP contribution is 2.37. The number of carbonyl (C=O) groups excluding carboxylic acids is 4. The lowest BCUT2D eigenvalue weighted by Gasteiger charge is -2.48. The second-order valence-electron chi connectivity index (χ2n) is 10.6. The largest absolute Gasteiger partial charge is 0.456 e. The van der Waals surface area contributed by atoms with Crippen LogP contribution in [0.4, 0.5) is 0 Å². The maximum absolute atomic E-state index is 13.2. The van der Waals surface area contributed by atoms with Crippen molar-refractivity contribution in [1.29, 1.82) is 0 Å². The van der Waals surface area contributed by atoms with E-state index in [1.54, 1.807) is 74.5 Å². The van der Waals surface area contributed by atoms with Gasteiger partial charge in [-0.3, -0.25) is 9.59 Å². The average molecular weight is 647 g/mol. The predicted octanol–water partition coefficient (Wildman–Crippen LogP) is 3.29. The lowest BCUT2D eigenvalue weighted by Crippen LogP contribution is -2.65. The Morgan fingerprint density at radius 2 is 1.18 bits per heavy atom. The number of hydrogen-bond acceptors (Lipinski definition) is 13. The lowest BCUT2D eigenvalue weighted by molar-refractivity contribution is -0.331. The molecule has 0 unspecified atom stereocenters. The molecule has 0 saturated carbocycles. The Kier molecular flexibility index (Phi) is 12.0. The average Bonchev–Trinajstić information content (AvgIpc) is 3.01. The minimum absolute atomic E-state index is 0.252. The van der Waals surface area contributed by atoms with Gasteiger partial charge in [-0.05, 0) is 43.9 Å². The number of esters is 4. The van der Waals surface area contributed by atoms with Crippen molar-refractivity contribution in [3.8, 4) is 0 Å². The molecule has 45 heavy (non-hydrogen) atoms. The Hall–Kier alpha value is -3.49. The van der Waals surface area contributed by atoms with Crippen LogP contribution in [0.25, 0.3) is 0 Å². The van der Waals surface area contributed by atoms with Gasteiger partial charge in [0.1, 0.15) is 17.6 Å². The van der Waals surface area contributed by atoms with Crippen molar-refractivity contribution in [2.75, 3.05) is 5.75 Å². The first-order chi connectivity index (χ1) is 21.5. The van der Waals surface area contributed by atoms with Gasteiger partial charge in [-0.15, -0.1) is 11.8 Å². The lowest BCUT2D eigenvalue weighted by atomic mass is 9.97. The number of ether oxygens (including phenoxy) is 7. The topological polar surface area (TPSA) is 153 Å². The molecular weight excluding hydrogens is 608 g/mol. The quantitative estimate of drug-likeness (QED) is 0.297. The first kappa shape index (κ1) is 34.4. The van der Waals surface area contributed by atoms with Crippen molar-refractivity contribution in [2.45, 2.75) is 95.2 Å². The highest BCUT2D eigenvalue weighted by atomic mass is 32.2. The molecular formula is C32H38O12S. The molecule has 0 spiro atoms. The molecule has 2 aromatic carbocycles. The number of aliphatic hydroxyl groups excluding tert-OH is 1. The molecule has 2 saturated heterocycles. The Bertz CT molecular complexity index is 1310. The predicted molar refractivity (Wildman–Crippen MR) is 160 cm³/mol. The summed E-state index contributed by atoms with van der Waals surface area (Å²) in [6, 6.07) is 16.5. The van der Waals surface area contributed by atoms with E-state index in [0.29, 0.717) is 5.75 Å². The van der Waals surface area contributed by atoms with E-state index in [9.17, 15) is 24.3 Å². The van der Waals surface area contributed by atoms with E-state index >= 15 is 0 Å². The molecule has 0 bridgehead atoms. The first-order valence-corrected chi connectivity index (χ1v) is 15.7. The first-order valence-electron chi connectivity index (χ1n) is 14.6. The summed E-state index contributed by atoms with van der Waals surface area (Å²) in [7, 11) is 0. The van der Waals surface area contributed by atoms with E-state index in [0.717, 1.165) is 6.92 Å². The minimum atomic E-state index is -1.58. The zero-order valence-corrected chi connectivity index (χ0v) is 26.4. The van der Waals surface area contributed by atoms with Crippen molar-refractivity contribution in [2.24, 2.45) is 0 Å². The number of rotatable bonds is 10. The van der Waals surface area contributed by atoms with Gasteiger partial charge in [0, 0.05) is 13.8 Å². The standard InChI is InChI=1S/C32H38O12S/c1-6-45-32-28(41-20(5)34)27(25(18(3)39-32)43-30(37)22-15-11-8-12-16-22)44-31-26(40-19(4)33)23(35)24(17(2)38-31)42-29(36)21-13-9-7-10-14-21/h7-18,23-28,31-32,35H,6H2,1-5H3/t17-,18-,23+,24-,25-,26+,27+,28+,31-,32-/m0/s1. The van der Waals surface area contributed by atoms with Crippen molar-refractivity contribution < 1.29 is 57.4 Å². The zero-order chi connectivity index (χ0) is 32.7. The van der Waals surface area contributed by atoms with Crippen LogP contribution in [-0.2, 0) is 42.7 Å². The smallest absolute Gasteiger partial charge is 0.338 e. The Balaban J connectivity index is 1.65. The van der Waals surface area contributed by atoms with Gasteiger partial charge in [0.15, 0.2) is 30.7 Å². The van der Waals surface area contributed by atoms with E-state index < -0.39 is 84.4 Å². The van der Waals surface area contributed by atoms with Crippen LogP contribution in [0.2, 0.25) is 0 Å². The summed E-state index contributed by atoms with van der Waals surface area (Å²) in [5.41, 5.74) is -0.193. The van der Waals surface area contributed by atoms with Gasteiger partial charge in [0.05, 0.1) is 23.3 Å². The second kappa shape index (κ2) is 15.7. The Labute approximate surface area is 265 Å². The van der Waals surface area contributed by atoms with Crippen LogP contribution in [0, 0.1) is 0 Å². The SMILES string of the molecule is CCS[C@@H]1O[C@@H](C)[C@H](OC(=O)c2ccccc2)[C@@H](O[C@@H]2O[C@@H](C)[C@H](OC(=O)c3ccccc3)[C@@H](O)[C@H]2OC(C)=O)[C@H]1OC(C)=O. The summed E-state index contributed by atoms with van der Waals surface area (Å²) in [5.74, 6) is -2.19. The summed E-state index contributed by atoms with van der Waals surface area (Å²) < 4.78 is 41.2. The molecule has 12 nitrogen and oxygen atoms in total. The third-order valence-corrected chi connectivity index (χ3v) is 8.25.